The molecule has 3 aromatic rings. The van der Waals surface area contributed by atoms with Crippen LogP contribution in [0.25, 0.3) is 0 Å². The molecule has 0 aliphatic carbocycles. The first kappa shape index (κ1) is 22.6. The number of rotatable bonds is 13. The number of aryl methyl sites for hydroxylation is 2. The van der Waals surface area contributed by atoms with Crippen LogP contribution < -0.4 is 5.32 Å². The van der Waals surface area contributed by atoms with Crippen LogP contribution in [0.2, 0.25) is 0 Å². The third-order valence-electron chi connectivity index (χ3n) is 5.20. The number of nitrogens with one attached hydrogen (secondary N) is 1. The van der Waals surface area contributed by atoms with E-state index in [9.17, 15) is 0 Å². The van der Waals surface area contributed by atoms with Crippen LogP contribution in [0.4, 0.5) is 0 Å². The molecular weight excluding hydrogens is 409 g/mol. The highest BCUT2D eigenvalue weighted by atomic mass is 32.4. The first-order chi connectivity index (χ1) is 14.7. The van der Waals surface area contributed by atoms with Gasteiger partial charge in [0.25, 0.3) is 0 Å². The Morgan fingerprint density at radius 1 is 0.933 bits per heavy atom. The Morgan fingerprint density at radius 2 is 1.53 bits per heavy atom. The minimum atomic E-state index is -1.85. The first-order valence-corrected chi connectivity index (χ1v) is 13.6. The SMILES string of the molecule is C=COCCNC(c1ccco1)P(=S)(CCc1ccccc1)CCc1ccccc1. The van der Waals surface area contributed by atoms with Gasteiger partial charge in [-0.2, -0.15) is 0 Å². The Bertz CT molecular complexity index is 865. The lowest BCUT2D eigenvalue weighted by molar-refractivity contribution is 0.247. The van der Waals surface area contributed by atoms with Crippen LogP contribution in [0.3, 0.4) is 0 Å². The number of hydrogen-bond acceptors (Lipinski definition) is 4. The quantitative estimate of drug-likeness (QED) is 0.201. The van der Waals surface area contributed by atoms with Gasteiger partial charge in [-0.25, -0.2) is 0 Å². The molecule has 1 N–H and O–H groups in total. The van der Waals surface area contributed by atoms with Gasteiger partial charge in [-0.15, -0.1) is 0 Å². The molecule has 0 spiro atoms. The summed E-state index contributed by atoms with van der Waals surface area (Å²) in [6, 6.07) is 23.4. The summed E-state index contributed by atoms with van der Waals surface area (Å²) in [6.45, 7) is 4.88. The first-order valence-electron chi connectivity index (χ1n) is 10.4. The third-order valence-corrected chi connectivity index (χ3v) is 10.3. The summed E-state index contributed by atoms with van der Waals surface area (Å²) in [5.41, 5.74) is 2.67. The zero-order valence-corrected chi connectivity index (χ0v) is 19.0. The molecule has 0 fully saturated rings. The van der Waals surface area contributed by atoms with E-state index in [1.165, 1.54) is 17.4 Å². The van der Waals surface area contributed by atoms with E-state index >= 15 is 0 Å². The Hall–Kier alpha value is -2.13. The summed E-state index contributed by atoms with van der Waals surface area (Å²) in [7, 11) is 0. The van der Waals surface area contributed by atoms with E-state index in [2.05, 4.69) is 72.6 Å². The Kier molecular flexibility index (Phi) is 8.95. The Labute approximate surface area is 185 Å². The molecule has 0 amide bonds. The molecule has 5 heteroatoms. The fraction of sp³-hybridized carbons (Fsp3) is 0.280. The van der Waals surface area contributed by atoms with Crippen molar-refractivity contribution in [1.29, 1.82) is 0 Å². The standard InChI is InChI=1S/C25H30NO2PS/c1-2-27-19-17-26-25(24-14-9-18-28-24)29(30,20-15-22-10-5-3-6-11-22)21-16-23-12-7-4-8-13-23/h2-14,18,25-26H,1,15-17,19-21H2. The van der Waals surface area contributed by atoms with E-state index in [0.717, 1.165) is 30.9 Å². The second-order valence-corrected chi connectivity index (χ2v) is 12.8. The zero-order valence-electron chi connectivity index (χ0n) is 17.3. The minimum Gasteiger partial charge on any atom is -0.500 e. The molecule has 0 bridgehead atoms. The van der Waals surface area contributed by atoms with Crippen LogP contribution in [0, 0.1) is 0 Å². The van der Waals surface area contributed by atoms with Crippen molar-refractivity contribution < 1.29 is 9.15 Å². The van der Waals surface area contributed by atoms with Gasteiger partial charge < -0.3 is 9.15 Å². The van der Waals surface area contributed by atoms with Crippen molar-refractivity contribution >= 4 is 17.8 Å². The maximum absolute atomic E-state index is 6.48. The Balaban J connectivity index is 1.81. The average molecular weight is 440 g/mol. The van der Waals surface area contributed by atoms with Crippen molar-refractivity contribution in [1.82, 2.24) is 5.32 Å². The van der Waals surface area contributed by atoms with E-state index < -0.39 is 6.04 Å². The number of ether oxygens (including phenoxy) is 1. The predicted molar refractivity (Wildman–Crippen MR) is 130 cm³/mol. The molecule has 0 aliphatic heterocycles. The van der Waals surface area contributed by atoms with E-state index in [1.807, 2.05) is 12.1 Å². The van der Waals surface area contributed by atoms with Crippen LogP contribution in [-0.2, 0) is 29.4 Å². The van der Waals surface area contributed by atoms with Gasteiger partial charge in [-0.05, 0) is 54.5 Å². The van der Waals surface area contributed by atoms with E-state index in [0.29, 0.717) is 13.2 Å². The molecular formula is C25H30NO2PS. The van der Waals surface area contributed by atoms with Gasteiger partial charge in [-0.3, -0.25) is 5.32 Å². The topological polar surface area (TPSA) is 34.4 Å². The Morgan fingerprint density at radius 3 is 2.03 bits per heavy atom. The highest BCUT2D eigenvalue weighted by Crippen LogP contribution is 2.58. The zero-order chi connectivity index (χ0) is 21.1. The lowest BCUT2D eigenvalue weighted by atomic mass is 10.2. The van der Waals surface area contributed by atoms with Crippen molar-refractivity contribution in [2.24, 2.45) is 0 Å². The molecule has 3 rings (SSSR count). The van der Waals surface area contributed by atoms with E-state index in [-0.39, 0.29) is 5.78 Å². The van der Waals surface area contributed by atoms with Gasteiger partial charge in [0.1, 0.15) is 5.76 Å². The molecule has 1 atom stereocenters. The van der Waals surface area contributed by atoms with E-state index in [4.69, 9.17) is 21.0 Å². The lowest BCUT2D eigenvalue weighted by Crippen LogP contribution is -2.27. The second-order valence-electron chi connectivity index (χ2n) is 7.28. The summed E-state index contributed by atoms with van der Waals surface area (Å²) in [5.74, 6) is 0.960. The summed E-state index contributed by atoms with van der Waals surface area (Å²) in [6.07, 6.45) is 7.15. The second kappa shape index (κ2) is 11.9. The van der Waals surface area contributed by atoms with Crippen LogP contribution in [0.15, 0.2) is 96.3 Å². The molecule has 0 saturated carbocycles. The van der Waals surface area contributed by atoms with Gasteiger partial charge in [-0.1, -0.05) is 79.0 Å². The molecule has 30 heavy (non-hydrogen) atoms. The van der Waals surface area contributed by atoms with Crippen LogP contribution in [-0.4, -0.2) is 25.5 Å². The molecule has 0 aliphatic rings. The van der Waals surface area contributed by atoms with Crippen LogP contribution in [0.1, 0.15) is 22.7 Å². The van der Waals surface area contributed by atoms with Gasteiger partial charge in [0.05, 0.1) is 24.9 Å². The maximum atomic E-state index is 6.48. The molecule has 3 nitrogen and oxygen atoms in total. The summed E-state index contributed by atoms with van der Waals surface area (Å²) < 4.78 is 11.2. The van der Waals surface area contributed by atoms with Crippen molar-refractivity contribution in [3.63, 3.8) is 0 Å². The molecule has 1 heterocycles. The molecule has 1 unspecified atom stereocenters. The molecule has 0 radical (unpaired) electrons. The lowest BCUT2D eigenvalue weighted by Gasteiger charge is -2.31. The molecule has 158 valence electrons. The third kappa shape index (κ3) is 6.70. The number of benzene rings is 2. The number of hydrogen-bond donors (Lipinski definition) is 1. The largest absolute Gasteiger partial charge is 0.500 e. The summed E-state index contributed by atoms with van der Waals surface area (Å²) >= 11 is 6.48. The van der Waals surface area contributed by atoms with Crippen molar-refractivity contribution in [2.45, 2.75) is 18.6 Å². The van der Waals surface area contributed by atoms with Gasteiger partial charge in [0, 0.05) is 6.54 Å². The fourth-order valence-electron chi connectivity index (χ4n) is 3.58. The summed E-state index contributed by atoms with van der Waals surface area (Å²) in [5, 5.41) is 3.65. The summed E-state index contributed by atoms with van der Waals surface area (Å²) in [4.78, 5) is 0. The highest BCUT2D eigenvalue weighted by Gasteiger charge is 2.31. The van der Waals surface area contributed by atoms with Gasteiger partial charge >= 0.3 is 0 Å². The van der Waals surface area contributed by atoms with Gasteiger partial charge in [0.15, 0.2) is 0 Å². The maximum Gasteiger partial charge on any atom is 0.125 e. The molecule has 1 aromatic heterocycles. The smallest absolute Gasteiger partial charge is 0.125 e. The van der Waals surface area contributed by atoms with E-state index in [1.54, 1.807) is 6.26 Å². The fourth-order valence-corrected chi connectivity index (χ4v) is 7.75. The number of furan rings is 1. The molecule has 0 saturated heterocycles. The van der Waals surface area contributed by atoms with Crippen LogP contribution >= 0.6 is 6.04 Å². The highest BCUT2D eigenvalue weighted by molar-refractivity contribution is 8.14. The van der Waals surface area contributed by atoms with Crippen LogP contribution in [0.5, 0.6) is 0 Å². The normalized spacial score (nSPS) is 12.4. The predicted octanol–water partition coefficient (Wildman–Crippen LogP) is 5.99. The van der Waals surface area contributed by atoms with Crippen molar-refractivity contribution in [2.75, 3.05) is 25.5 Å². The monoisotopic (exact) mass is 439 g/mol. The van der Waals surface area contributed by atoms with Gasteiger partial charge in [0.2, 0.25) is 0 Å². The average Bonchev–Trinajstić information content (AvgIpc) is 3.32. The van der Waals surface area contributed by atoms with Crippen molar-refractivity contribution in [3.8, 4) is 0 Å². The minimum absolute atomic E-state index is 0.0309. The van der Waals surface area contributed by atoms with Crippen molar-refractivity contribution in [3.05, 3.63) is 109 Å². The molecule has 2 aromatic carbocycles.